The van der Waals surface area contributed by atoms with E-state index in [0.717, 1.165) is 13.2 Å². The van der Waals surface area contributed by atoms with Crippen molar-refractivity contribution in [3.63, 3.8) is 0 Å². The topological polar surface area (TPSA) is 39.7 Å². The van der Waals surface area contributed by atoms with Gasteiger partial charge in [-0.3, -0.25) is 0 Å². The lowest BCUT2D eigenvalue weighted by atomic mass is 10.2. The molecule has 14 heavy (non-hydrogen) atoms. The molecule has 84 valence electrons. The number of rotatable bonds is 8. The second-order valence-corrected chi connectivity index (χ2v) is 3.47. The lowest BCUT2D eigenvalue weighted by Crippen LogP contribution is -2.27. The third kappa shape index (κ3) is 5.54. The molecule has 4 nitrogen and oxygen atoms in total. The Kier molecular flexibility index (Phi) is 6.95. The number of nitrogens with one attached hydrogen (secondary N) is 1. The molecule has 0 aromatic carbocycles. The zero-order valence-electron chi connectivity index (χ0n) is 8.96. The Hall–Kier alpha value is -0.160. The minimum Gasteiger partial charge on any atom is -0.382 e. The number of methoxy groups -OCH3 is 1. The van der Waals surface area contributed by atoms with E-state index in [0.29, 0.717) is 32.5 Å². The Morgan fingerprint density at radius 3 is 2.64 bits per heavy atom. The van der Waals surface area contributed by atoms with Crippen LogP contribution in [-0.2, 0) is 14.2 Å². The van der Waals surface area contributed by atoms with E-state index in [4.69, 9.17) is 14.2 Å². The van der Waals surface area contributed by atoms with Crippen molar-refractivity contribution < 1.29 is 14.2 Å². The molecular weight excluding hydrogens is 182 g/mol. The van der Waals surface area contributed by atoms with Gasteiger partial charge in [0.15, 0.2) is 0 Å². The van der Waals surface area contributed by atoms with Crippen LogP contribution >= 0.6 is 0 Å². The summed E-state index contributed by atoms with van der Waals surface area (Å²) >= 11 is 0. The van der Waals surface area contributed by atoms with E-state index >= 15 is 0 Å². The molecule has 1 saturated heterocycles. The minimum atomic E-state index is 0.564. The fourth-order valence-corrected chi connectivity index (χ4v) is 1.49. The van der Waals surface area contributed by atoms with Gasteiger partial charge >= 0.3 is 0 Å². The van der Waals surface area contributed by atoms with Gasteiger partial charge in [-0.05, 0) is 19.4 Å². The number of hydrogen-bond donors (Lipinski definition) is 1. The fourth-order valence-electron chi connectivity index (χ4n) is 1.49. The molecule has 1 rings (SSSR count). The van der Waals surface area contributed by atoms with Gasteiger partial charge in [-0.25, -0.2) is 0 Å². The average Bonchev–Trinajstić information content (AvgIpc) is 2.69. The van der Waals surface area contributed by atoms with Gasteiger partial charge in [-0.15, -0.1) is 0 Å². The first-order valence-corrected chi connectivity index (χ1v) is 5.31. The van der Waals surface area contributed by atoms with Crippen LogP contribution in [0.4, 0.5) is 0 Å². The molecule has 1 N–H and O–H groups in total. The Balaban J connectivity index is 1.75. The molecule has 0 aromatic heterocycles. The summed E-state index contributed by atoms with van der Waals surface area (Å²) in [7, 11) is 1.67. The molecule has 0 bridgehead atoms. The van der Waals surface area contributed by atoms with Crippen molar-refractivity contribution in [1.82, 2.24) is 5.32 Å². The molecule has 1 aliphatic rings. The van der Waals surface area contributed by atoms with E-state index in [9.17, 15) is 0 Å². The summed E-state index contributed by atoms with van der Waals surface area (Å²) in [6, 6.07) is 0.564. The summed E-state index contributed by atoms with van der Waals surface area (Å²) < 4.78 is 15.6. The van der Waals surface area contributed by atoms with Crippen LogP contribution in [0.2, 0.25) is 0 Å². The van der Waals surface area contributed by atoms with Gasteiger partial charge in [-0.1, -0.05) is 0 Å². The Labute approximate surface area is 85.9 Å². The van der Waals surface area contributed by atoms with Gasteiger partial charge in [0, 0.05) is 13.2 Å². The SMILES string of the molecule is COCCOCCOC[C@@H]1CCCN1. The number of hydrogen-bond acceptors (Lipinski definition) is 4. The quantitative estimate of drug-likeness (QED) is 0.580. The van der Waals surface area contributed by atoms with E-state index in [-0.39, 0.29) is 0 Å². The summed E-state index contributed by atoms with van der Waals surface area (Å²) in [5, 5.41) is 3.38. The van der Waals surface area contributed by atoms with Crippen LogP contribution in [0.5, 0.6) is 0 Å². The highest BCUT2D eigenvalue weighted by molar-refractivity contribution is 4.73. The maximum atomic E-state index is 5.47. The lowest BCUT2D eigenvalue weighted by molar-refractivity contribution is 0.0206. The van der Waals surface area contributed by atoms with Crippen LogP contribution in [0, 0.1) is 0 Å². The van der Waals surface area contributed by atoms with E-state index in [1.807, 2.05) is 0 Å². The Morgan fingerprint density at radius 1 is 1.14 bits per heavy atom. The first-order valence-electron chi connectivity index (χ1n) is 5.31. The smallest absolute Gasteiger partial charge is 0.0701 e. The van der Waals surface area contributed by atoms with Crippen LogP contribution in [-0.4, -0.2) is 52.7 Å². The van der Waals surface area contributed by atoms with Crippen molar-refractivity contribution in [1.29, 1.82) is 0 Å². The van der Waals surface area contributed by atoms with Gasteiger partial charge in [-0.2, -0.15) is 0 Å². The Bertz CT molecular complexity index is 127. The van der Waals surface area contributed by atoms with E-state index in [2.05, 4.69) is 5.32 Å². The van der Waals surface area contributed by atoms with Crippen molar-refractivity contribution in [2.45, 2.75) is 18.9 Å². The molecule has 1 atom stereocenters. The summed E-state index contributed by atoms with van der Waals surface area (Å²) in [4.78, 5) is 0. The first kappa shape index (κ1) is 11.9. The molecule has 1 aliphatic heterocycles. The highest BCUT2D eigenvalue weighted by atomic mass is 16.5. The maximum absolute atomic E-state index is 5.47. The van der Waals surface area contributed by atoms with Crippen molar-refractivity contribution >= 4 is 0 Å². The normalized spacial score (nSPS) is 21.6. The largest absolute Gasteiger partial charge is 0.382 e. The van der Waals surface area contributed by atoms with Crippen molar-refractivity contribution in [2.75, 3.05) is 46.7 Å². The standard InChI is InChI=1S/C10H21NO3/c1-12-5-6-13-7-8-14-9-10-3-2-4-11-10/h10-11H,2-9H2,1H3/t10-/m0/s1. The van der Waals surface area contributed by atoms with Crippen LogP contribution in [0.15, 0.2) is 0 Å². The van der Waals surface area contributed by atoms with Gasteiger partial charge in [0.25, 0.3) is 0 Å². The molecule has 0 amide bonds. The molecular formula is C10H21NO3. The molecule has 1 heterocycles. The van der Waals surface area contributed by atoms with Gasteiger partial charge in [0.05, 0.1) is 33.0 Å². The zero-order valence-corrected chi connectivity index (χ0v) is 8.96. The third-order valence-electron chi connectivity index (χ3n) is 2.29. The molecule has 0 radical (unpaired) electrons. The summed E-state index contributed by atoms with van der Waals surface area (Å²) in [6.07, 6.45) is 2.52. The summed E-state index contributed by atoms with van der Waals surface area (Å²) in [6.45, 7) is 4.61. The van der Waals surface area contributed by atoms with Crippen molar-refractivity contribution in [2.24, 2.45) is 0 Å². The highest BCUT2D eigenvalue weighted by Crippen LogP contribution is 2.04. The third-order valence-corrected chi connectivity index (χ3v) is 2.29. The Morgan fingerprint density at radius 2 is 1.93 bits per heavy atom. The maximum Gasteiger partial charge on any atom is 0.0701 e. The highest BCUT2D eigenvalue weighted by Gasteiger charge is 2.13. The second kappa shape index (κ2) is 8.17. The van der Waals surface area contributed by atoms with Gasteiger partial charge < -0.3 is 19.5 Å². The first-order chi connectivity index (χ1) is 6.93. The minimum absolute atomic E-state index is 0.564. The molecule has 0 aliphatic carbocycles. The van der Waals surface area contributed by atoms with Gasteiger partial charge in [0.1, 0.15) is 0 Å². The lowest BCUT2D eigenvalue weighted by Gasteiger charge is -2.10. The molecule has 0 unspecified atom stereocenters. The fraction of sp³-hybridized carbons (Fsp3) is 1.00. The van der Waals surface area contributed by atoms with Gasteiger partial charge in [0.2, 0.25) is 0 Å². The number of ether oxygens (including phenoxy) is 3. The predicted octanol–water partition coefficient (Wildman–Crippen LogP) is 0.418. The molecule has 0 saturated carbocycles. The monoisotopic (exact) mass is 203 g/mol. The van der Waals surface area contributed by atoms with Crippen LogP contribution in [0.25, 0.3) is 0 Å². The van der Waals surface area contributed by atoms with E-state index in [1.54, 1.807) is 7.11 Å². The molecule has 0 aromatic rings. The average molecular weight is 203 g/mol. The second-order valence-electron chi connectivity index (χ2n) is 3.47. The zero-order chi connectivity index (χ0) is 10.1. The van der Waals surface area contributed by atoms with E-state index in [1.165, 1.54) is 12.8 Å². The summed E-state index contributed by atoms with van der Waals surface area (Å²) in [5.41, 5.74) is 0. The van der Waals surface area contributed by atoms with Crippen molar-refractivity contribution in [3.8, 4) is 0 Å². The molecule has 0 spiro atoms. The summed E-state index contributed by atoms with van der Waals surface area (Å²) in [5.74, 6) is 0. The van der Waals surface area contributed by atoms with Crippen LogP contribution < -0.4 is 5.32 Å². The molecule has 1 fully saturated rings. The van der Waals surface area contributed by atoms with Crippen LogP contribution in [0.1, 0.15) is 12.8 Å². The molecule has 4 heteroatoms. The predicted molar refractivity (Wildman–Crippen MR) is 54.5 cm³/mol. The van der Waals surface area contributed by atoms with E-state index < -0.39 is 0 Å². The van der Waals surface area contributed by atoms with Crippen molar-refractivity contribution in [3.05, 3.63) is 0 Å². The van der Waals surface area contributed by atoms with Crippen LogP contribution in [0.3, 0.4) is 0 Å².